The maximum absolute atomic E-state index is 12.3. The van der Waals surface area contributed by atoms with Gasteiger partial charge in [0, 0.05) is 26.1 Å². The van der Waals surface area contributed by atoms with E-state index in [1.165, 1.54) is 0 Å². The van der Waals surface area contributed by atoms with E-state index in [2.05, 4.69) is 5.10 Å². The number of aromatic nitrogens is 2. The highest BCUT2D eigenvalue weighted by Crippen LogP contribution is 2.36. The molecule has 2 atom stereocenters. The number of carbonyl (C=O) groups excluding carboxylic acids is 1. The zero-order valence-corrected chi connectivity index (χ0v) is 12.7. The fourth-order valence-corrected chi connectivity index (χ4v) is 3.16. The molecule has 6 nitrogen and oxygen atoms in total. The zero-order chi connectivity index (χ0) is 14.9. The van der Waals surface area contributed by atoms with E-state index in [0.29, 0.717) is 18.8 Å². The number of amides is 1. The lowest BCUT2D eigenvalue weighted by Crippen LogP contribution is -2.42. The van der Waals surface area contributed by atoms with Gasteiger partial charge in [0.25, 0.3) is 0 Å². The van der Waals surface area contributed by atoms with E-state index in [1.54, 1.807) is 11.8 Å². The van der Waals surface area contributed by atoms with Gasteiger partial charge in [-0.15, -0.1) is 0 Å². The number of nitrogens with zero attached hydrogens (tertiary/aromatic N) is 3. The Balaban J connectivity index is 2.53. The molecule has 2 heterocycles. The average Bonchev–Trinajstić information content (AvgIpc) is 2.60. The molecule has 2 N–H and O–H groups in total. The molecular weight excluding hydrogens is 256 g/mol. The van der Waals surface area contributed by atoms with E-state index < -0.39 is 0 Å². The molecular formula is C14H24N4O2. The van der Waals surface area contributed by atoms with Crippen molar-refractivity contribution < 1.29 is 9.53 Å². The molecule has 0 aliphatic carbocycles. The number of nitrogens with two attached hydrogens (primary N) is 1. The van der Waals surface area contributed by atoms with Crippen LogP contribution >= 0.6 is 0 Å². The number of hydrogen-bond acceptors (Lipinski definition) is 4. The second kappa shape index (κ2) is 5.83. The first-order valence-electron chi connectivity index (χ1n) is 7.13. The molecule has 1 aromatic rings. The van der Waals surface area contributed by atoms with Crippen molar-refractivity contribution in [2.24, 2.45) is 12.8 Å². The molecule has 1 aliphatic heterocycles. The number of likely N-dealkylation sites (tertiary alicyclic amines) is 1. The summed E-state index contributed by atoms with van der Waals surface area (Å²) in [7, 11) is 3.47. The predicted octanol–water partition coefficient (Wildman–Crippen LogP) is 1.14. The first-order chi connectivity index (χ1) is 9.51. The Morgan fingerprint density at radius 2 is 2.20 bits per heavy atom. The van der Waals surface area contributed by atoms with Crippen LogP contribution < -0.4 is 10.5 Å². The van der Waals surface area contributed by atoms with E-state index >= 15 is 0 Å². The maximum Gasteiger partial charge on any atom is 0.223 e. The smallest absolute Gasteiger partial charge is 0.223 e. The van der Waals surface area contributed by atoms with Crippen LogP contribution in [0.2, 0.25) is 0 Å². The highest BCUT2D eigenvalue weighted by Gasteiger charge is 2.36. The number of carbonyl (C=O) groups is 1. The maximum atomic E-state index is 12.3. The molecule has 1 saturated heterocycles. The molecule has 1 aromatic heterocycles. The lowest BCUT2D eigenvalue weighted by Gasteiger charge is -2.33. The van der Waals surface area contributed by atoms with Crippen molar-refractivity contribution in [3.63, 3.8) is 0 Å². The molecule has 1 fully saturated rings. The van der Waals surface area contributed by atoms with E-state index in [-0.39, 0.29) is 18.0 Å². The second-order valence-corrected chi connectivity index (χ2v) is 5.31. The van der Waals surface area contributed by atoms with Gasteiger partial charge in [0.2, 0.25) is 11.8 Å². The third-order valence-electron chi connectivity index (χ3n) is 4.03. The SMILES string of the molecule is CCN1C(=O)CCCC(N)C1c1c(C)nn(C)c1OC. The van der Waals surface area contributed by atoms with Crippen molar-refractivity contribution in [1.29, 1.82) is 0 Å². The Morgan fingerprint density at radius 3 is 2.80 bits per heavy atom. The third-order valence-corrected chi connectivity index (χ3v) is 4.03. The normalized spacial score (nSPS) is 23.9. The van der Waals surface area contributed by atoms with Gasteiger partial charge in [-0.2, -0.15) is 5.10 Å². The summed E-state index contributed by atoms with van der Waals surface area (Å²) in [5.74, 6) is 0.854. The highest BCUT2D eigenvalue weighted by molar-refractivity contribution is 5.77. The van der Waals surface area contributed by atoms with Gasteiger partial charge in [-0.3, -0.25) is 4.79 Å². The molecule has 0 bridgehead atoms. The fourth-order valence-electron chi connectivity index (χ4n) is 3.16. The number of rotatable bonds is 3. The third kappa shape index (κ3) is 2.40. The zero-order valence-electron chi connectivity index (χ0n) is 12.7. The van der Waals surface area contributed by atoms with Gasteiger partial charge in [-0.1, -0.05) is 0 Å². The van der Waals surface area contributed by atoms with Crippen molar-refractivity contribution in [2.75, 3.05) is 13.7 Å². The van der Waals surface area contributed by atoms with Crippen LogP contribution in [0.3, 0.4) is 0 Å². The summed E-state index contributed by atoms with van der Waals surface area (Å²) < 4.78 is 7.18. The Bertz CT molecular complexity index is 498. The lowest BCUT2D eigenvalue weighted by atomic mass is 9.96. The minimum absolute atomic E-state index is 0.0850. The van der Waals surface area contributed by atoms with Crippen LogP contribution in [0.1, 0.15) is 43.5 Å². The molecule has 0 saturated carbocycles. The summed E-state index contributed by atoms with van der Waals surface area (Å²) in [6.45, 7) is 4.57. The molecule has 1 aliphatic rings. The monoisotopic (exact) mass is 280 g/mol. The van der Waals surface area contributed by atoms with Crippen LogP contribution in [-0.2, 0) is 11.8 Å². The Kier molecular flexibility index (Phi) is 4.32. The van der Waals surface area contributed by atoms with E-state index in [9.17, 15) is 4.79 Å². The molecule has 20 heavy (non-hydrogen) atoms. The predicted molar refractivity (Wildman–Crippen MR) is 76.5 cm³/mol. The number of methoxy groups -OCH3 is 1. The molecule has 2 unspecified atom stereocenters. The van der Waals surface area contributed by atoms with Crippen LogP contribution in [-0.4, -0.2) is 40.3 Å². The quantitative estimate of drug-likeness (QED) is 0.901. The Morgan fingerprint density at radius 1 is 1.50 bits per heavy atom. The first kappa shape index (κ1) is 14.8. The average molecular weight is 280 g/mol. The van der Waals surface area contributed by atoms with Crippen molar-refractivity contribution in [2.45, 2.75) is 45.2 Å². The molecule has 6 heteroatoms. The number of likely N-dealkylation sites (N-methyl/N-ethyl adjacent to an activating group) is 1. The summed E-state index contributed by atoms with van der Waals surface area (Å²) in [4.78, 5) is 14.2. The van der Waals surface area contributed by atoms with Crippen LogP contribution in [0, 0.1) is 6.92 Å². The first-order valence-corrected chi connectivity index (χ1v) is 7.13. The van der Waals surface area contributed by atoms with Crippen LogP contribution in [0.4, 0.5) is 0 Å². The molecule has 1 amide bonds. The largest absolute Gasteiger partial charge is 0.481 e. The van der Waals surface area contributed by atoms with Gasteiger partial charge in [0.1, 0.15) is 0 Å². The minimum Gasteiger partial charge on any atom is -0.481 e. The molecule has 0 aromatic carbocycles. The van der Waals surface area contributed by atoms with Crippen molar-refractivity contribution >= 4 is 5.91 Å². The van der Waals surface area contributed by atoms with Crippen LogP contribution in [0.25, 0.3) is 0 Å². The fraction of sp³-hybridized carbons (Fsp3) is 0.714. The van der Waals surface area contributed by atoms with E-state index in [4.69, 9.17) is 10.5 Å². The van der Waals surface area contributed by atoms with Gasteiger partial charge < -0.3 is 15.4 Å². The summed E-state index contributed by atoms with van der Waals surface area (Å²) in [5, 5.41) is 4.41. The topological polar surface area (TPSA) is 73.4 Å². The van der Waals surface area contributed by atoms with Crippen LogP contribution in [0.15, 0.2) is 0 Å². The van der Waals surface area contributed by atoms with Gasteiger partial charge in [0.05, 0.1) is 24.4 Å². The second-order valence-electron chi connectivity index (χ2n) is 5.31. The highest BCUT2D eigenvalue weighted by atomic mass is 16.5. The van der Waals surface area contributed by atoms with Gasteiger partial charge in [-0.05, 0) is 26.7 Å². The van der Waals surface area contributed by atoms with E-state index in [1.807, 2.05) is 25.8 Å². The van der Waals surface area contributed by atoms with Gasteiger partial charge in [0.15, 0.2) is 0 Å². The molecule has 112 valence electrons. The number of hydrogen-bond donors (Lipinski definition) is 1. The minimum atomic E-state index is -0.154. The van der Waals surface area contributed by atoms with Crippen molar-refractivity contribution in [1.82, 2.24) is 14.7 Å². The molecule has 0 radical (unpaired) electrons. The molecule has 0 spiro atoms. The van der Waals surface area contributed by atoms with Gasteiger partial charge in [-0.25, -0.2) is 4.68 Å². The summed E-state index contributed by atoms with van der Waals surface area (Å²) in [6, 6.07) is -0.239. The van der Waals surface area contributed by atoms with Crippen molar-refractivity contribution in [3.8, 4) is 5.88 Å². The van der Waals surface area contributed by atoms with E-state index in [0.717, 1.165) is 24.1 Å². The standard InChI is InChI=1S/C14H24N4O2/c1-5-18-11(19)8-6-7-10(15)13(18)12-9(2)16-17(3)14(12)20-4/h10,13H,5-8,15H2,1-4H3. The Labute approximate surface area is 119 Å². The van der Waals surface area contributed by atoms with Crippen molar-refractivity contribution in [3.05, 3.63) is 11.3 Å². The summed E-state index contributed by atoms with van der Waals surface area (Å²) >= 11 is 0. The molecule has 2 rings (SSSR count). The summed E-state index contributed by atoms with van der Waals surface area (Å²) in [5.41, 5.74) is 8.17. The lowest BCUT2D eigenvalue weighted by molar-refractivity contribution is -0.133. The summed E-state index contributed by atoms with van der Waals surface area (Å²) in [6.07, 6.45) is 2.25. The van der Waals surface area contributed by atoms with Gasteiger partial charge >= 0.3 is 0 Å². The Hall–Kier alpha value is -1.56. The number of ether oxygens (including phenoxy) is 1. The number of aryl methyl sites for hydroxylation is 2. The van der Waals surface area contributed by atoms with Crippen LogP contribution in [0.5, 0.6) is 5.88 Å².